The molecule has 0 N–H and O–H groups in total. The lowest BCUT2D eigenvalue weighted by atomic mass is 9.94. The third-order valence-corrected chi connectivity index (χ3v) is 3.61. The SMILES string of the molecule is C=CCC(/C=C(/C)C#C[Si](C)(C)C)c1ccccc1. The Morgan fingerprint density at radius 1 is 1.26 bits per heavy atom. The highest BCUT2D eigenvalue weighted by Gasteiger charge is 2.08. The largest absolute Gasteiger partial charge is 0.129 e. The zero-order valence-corrected chi connectivity index (χ0v) is 13.5. The topological polar surface area (TPSA) is 0 Å². The van der Waals surface area contributed by atoms with Crippen molar-refractivity contribution in [3.63, 3.8) is 0 Å². The molecule has 0 aliphatic heterocycles. The molecule has 1 atom stereocenters. The highest BCUT2D eigenvalue weighted by molar-refractivity contribution is 6.83. The molecule has 0 radical (unpaired) electrons. The van der Waals surface area contributed by atoms with Gasteiger partial charge in [0.25, 0.3) is 0 Å². The van der Waals surface area contributed by atoms with Crippen LogP contribution in [0.5, 0.6) is 0 Å². The van der Waals surface area contributed by atoms with E-state index in [0.717, 1.165) is 12.0 Å². The van der Waals surface area contributed by atoms with E-state index in [9.17, 15) is 0 Å². The van der Waals surface area contributed by atoms with Gasteiger partial charge >= 0.3 is 0 Å². The van der Waals surface area contributed by atoms with Gasteiger partial charge in [-0.2, -0.15) is 0 Å². The number of benzene rings is 1. The Morgan fingerprint density at radius 2 is 1.89 bits per heavy atom. The van der Waals surface area contributed by atoms with Crippen LogP contribution in [0, 0.1) is 11.5 Å². The third kappa shape index (κ3) is 6.27. The summed E-state index contributed by atoms with van der Waals surface area (Å²) in [6.45, 7) is 12.8. The van der Waals surface area contributed by atoms with Gasteiger partial charge in [0.1, 0.15) is 8.07 Å². The van der Waals surface area contributed by atoms with Crippen LogP contribution in [0.1, 0.15) is 24.8 Å². The van der Waals surface area contributed by atoms with Crippen molar-refractivity contribution < 1.29 is 0 Å². The van der Waals surface area contributed by atoms with Gasteiger partial charge in [-0.3, -0.25) is 0 Å². The second-order valence-corrected chi connectivity index (χ2v) is 10.6. The molecule has 100 valence electrons. The molecule has 0 nitrogen and oxygen atoms in total. The predicted molar refractivity (Wildman–Crippen MR) is 88.9 cm³/mol. The summed E-state index contributed by atoms with van der Waals surface area (Å²) < 4.78 is 0. The molecule has 0 bridgehead atoms. The standard InChI is InChI=1S/C18H24Si/c1-6-10-18(17-11-8-7-9-12-17)15-16(2)13-14-19(3,4)5/h6-9,11-12,15,18H,1,10H2,2-5H3/b16-15-. The minimum absolute atomic E-state index is 0.384. The molecule has 0 aliphatic carbocycles. The van der Waals surface area contributed by atoms with Crippen molar-refractivity contribution in [2.45, 2.75) is 38.9 Å². The summed E-state index contributed by atoms with van der Waals surface area (Å²) in [6.07, 6.45) is 5.20. The van der Waals surface area contributed by atoms with Crippen molar-refractivity contribution in [2.24, 2.45) is 0 Å². The Morgan fingerprint density at radius 3 is 2.42 bits per heavy atom. The first-order valence-corrected chi connectivity index (χ1v) is 10.3. The van der Waals surface area contributed by atoms with Crippen LogP contribution >= 0.6 is 0 Å². The number of rotatable bonds is 4. The zero-order chi connectivity index (χ0) is 14.3. The Bertz CT molecular complexity index is 492. The van der Waals surface area contributed by atoms with E-state index < -0.39 is 8.07 Å². The van der Waals surface area contributed by atoms with Crippen molar-refractivity contribution in [3.05, 3.63) is 60.2 Å². The fourth-order valence-electron chi connectivity index (χ4n) is 1.81. The van der Waals surface area contributed by atoms with Crippen molar-refractivity contribution in [2.75, 3.05) is 0 Å². The molecule has 1 aromatic rings. The van der Waals surface area contributed by atoms with Gasteiger partial charge in [0, 0.05) is 5.92 Å². The van der Waals surface area contributed by atoms with Gasteiger partial charge in [-0.05, 0) is 24.5 Å². The van der Waals surface area contributed by atoms with Crippen LogP contribution < -0.4 is 0 Å². The lowest BCUT2D eigenvalue weighted by molar-refractivity contribution is 0.860. The van der Waals surface area contributed by atoms with E-state index in [1.807, 2.05) is 6.08 Å². The number of hydrogen-bond donors (Lipinski definition) is 0. The monoisotopic (exact) mass is 268 g/mol. The first-order valence-electron chi connectivity index (χ1n) is 6.80. The minimum atomic E-state index is -1.29. The van der Waals surface area contributed by atoms with E-state index >= 15 is 0 Å². The fraction of sp³-hybridized carbons (Fsp3) is 0.333. The molecule has 1 rings (SSSR count). The molecule has 19 heavy (non-hydrogen) atoms. The lowest BCUT2D eigenvalue weighted by Gasteiger charge is -2.11. The Balaban J connectivity index is 2.95. The average Bonchev–Trinajstić information content (AvgIpc) is 2.36. The molecule has 1 aromatic carbocycles. The van der Waals surface area contributed by atoms with E-state index in [1.165, 1.54) is 5.56 Å². The zero-order valence-electron chi connectivity index (χ0n) is 12.5. The molecule has 0 saturated carbocycles. The van der Waals surface area contributed by atoms with Crippen LogP contribution in [-0.4, -0.2) is 8.07 Å². The van der Waals surface area contributed by atoms with E-state index in [-0.39, 0.29) is 0 Å². The summed E-state index contributed by atoms with van der Waals surface area (Å²) in [5.74, 6) is 3.70. The van der Waals surface area contributed by atoms with Gasteiger partial charge in [0.05, 0.1) is 0 Å². The predicted octanol–water partition coefficient (Wildman–Crippen LogP) is 5.17. The molecular weight excluding hydrogens is 244 g/mol. The van der Waals surface area contributed by atoms with Gasteiger partial charge in [-0.15, -0.1) is 12.1 Å². The summed E-state index contributed by atoms with van der Waals surface area (Å²) in [6, 6.07) is 10.6. The molecule has 1 heteroatoms. The molecule has 0 fully saturated rings. The maximum absolute atomic E-state index is 3.86. The van der Waals surface area contributed by atoms with E-state index in [1.54, 1.807) is 0 Å². The summed E-state index contributed by atoms with van der Waals surface area (Å²) in [7, 11) is -1.29. The molecule has 0 spiro atoms. The van der Waals surface area contributed by atoms with E-state index in [2.05, 4.69) is 81.0 Å². The van der Waals surface area contributed by atoms with E-state index in [4.69, 9.17) is 0 Å². The van der Waals surface area contributed by atoms with Crippen molar-refractivity contribution in [1.82, 2.24) is 0 Å². The Labute approximate surface area is 119 Å². The highest BCUT2D eigenvalue weighted by atomic mass is 28.3. The summed E-state index contributed by atoms with van der Waals surface area (Å²) >= 11 is 0. The van der Waals surface area contributed by atoms with Crippen molar-refractivity contribution >= 4 is 8.07 Å². The second-order valence-electron chi connectivity index (χ2n) is 5.89. The maximum atomic E-state index is 3.86. The summed E-state index contributed by atoms with van der Waals surface area (Å²) in [5, 5.41) is 0. The second kappa shape index (κ2) is 7.16. The first-order chi connectivity index (χ1) is 8.92. The van der Waals surface area contributed by atoms with Crippen molar-refractivity contribution in [1.29, 1.82) is 0 Å². The number of hydrogen-bond acceptors (Lipinski definition) is 0. The Hall–Kier alpha value is -1.52. The van der Waals surface area contributed by atoms with Gasteiger partial charge < -0.3 is 0 Å². The highest BCUT2D eigenvalue weighted by Crippen LogP contribution is 2.22. The molecule has 0 aliphatic rings. The van der Waals surface area contributed by atoms with Gasteiger partial charge in [0.15, 0.2) is 0 Å². The molecule has 0 heterocycles. The normalized spacial score (nSPS) is 13.4. The molecular formula is C18H24Si. The first kappa shape index (κ1) is 15.5. The molecule has 0 saturated heterocycles. The summed E-state index contributed by atoms with van der Waals surface area (Å²) in [4.78, 5) is 0. The number of allylic oxidation sites excluding steroid dienone is 3. The van der Waals surface area contributed by atoms with Crippen molar-refractivity contribution in [3.8, 4) is 11.5 Å². The Kier molecular flexibility index (Phi) is 5.85. The van der Waals surface area contributed by atoms with Crippen LogP contribution in [0.3, 0.4) is 0 Å². The van der Waals surface area contributed by atoms with Gasteiger partial charge in [-0.25, -0.2) is 0 Å². The van der Waals surface area contributed by atoms with E-state index in [0.29, 0.717) is 5.92 Å². The maximum Gasteiger partial charge on any atom is 0.129 e. The smallest absolute Gasteiger partial charge is 0.127 e. The van der Waals surface area contributed by atoms with Crippen LogP contribution in [-0.2, 0) is 0 Å². The lowest BCUT2D eigenvalue weighted by Crippen LogP contribution is -2.16. The van der Waals surface area contributed by atoms with Crippen LogP contribution in [0.4, 0.5) is 0 Å². The van der Waals surface area contributed by atoms with Gasteiger partial charge in [-0.1, -0.05) is 68.0 Å². The molecule has 1 unspecified atom stereocenters. The fourth-order valence-corrected chi connectivity index (χ4v) is 2.38. The molecule has 0 amide bonds. The van der Waals surface area contributed by atoms with Crippen LogP contribution in [0.15, 0.2) is 54.6 Å². The third-order valence-electron chi connectivity index (χ3n) is 2.73. The van der Waals surface area contributed by atoms with Gasteiger partial charge in [0.2, 0.25) is 0 Å². The summed E-state index contributed by atoms with van der Waals surface area (Å²) in [5.41, 5.74) is 5.91. The minimum Gasteiger partial charge on any atom is -0.127 e. The van der Waals surface area contributed by atoms with Crippen LogP contribution in [0.2, 0.25) is 19.6 Å². The average molecular weight is 268 g/mol. The van der Waals surface area contributed by atoms with Crippen LogP contribution in [0.25, 0.3) is 0 Å². The molecule has 0 aromatic heterocycles. The quantitative estimate of drug-likeness (QED) is 0.401.